The molecule has 2 heterocycles. The maximum Gasteiger partial charge on any atom is 0.156 e. The van der Waals surface area contributed by atoms with Crippen molar-refractivity contribution in [2.45, 2.75) is 26.7 Å². The Hall–Kier alpha value is -1.38. The largest absolute Gasteiger partial charge is 0.342 e. The molecule has 2 aromatic heterocycles. The van der Waals surface area contributed by atoms with E-state index in [1.165, 1.54) is 11.3 Å². The van der Waals surface area contributed by atoms with Crippen LogP contribution in [0.5, 0.6) is 0 Å². The number of aromatic nitrogens is 3. The number of nitrogens with zero attached hydrogens (tertiary/aromatic N) is 2. The summed E-state index contributed by atoms with van der Waals surface area (Å²) in [5.74, 6) is 0. The van der Waals surface area contributed by atoms with Crippen molar-refractivity contribution in [1.82, 2.24) is 15.0 Å². The summed E-state index contributed by atoms with van der Waals surface area (Å²) in [4.78, 5) is 11.9. The van der Waals surface area contributed by atoms with E-state index in [0.717, 1.165) is 24.0 Å². The van der Waals surface area contributed by atoms with E-state index in [1.807, 2.05) is 0 Å². The fraction of sp³-hybridized carbons (Fsp3) is 0.400. The lowest BCUT2D eigenvalue weighted by atomic mass is 10.1. The number of rotatable bonds is 2. The van der Waals surface area contributed by atoms with E-state index >= 15 is 0 Å². The summed E-state index contributed by atoms with van der Waals surface area (Å²) in [6.07, 6.45) is 5.50. The molecule has 0 amide bonds. The maximum absolute atomic E-state index is 4.33. The first-order valence-electron chi connectivity index (χ1n) is 4.67. The zero-order chi connectivity index (χ0) is 9.26. The Balaban J connectivity index is 2.73. The molecule has 68 valence electrons. The summed E-state index contributed by atoms with van der Waals surface area (Å²) in [5.41, 5.74) is 4.52. The van der Waals surface area contributed by atoms with Gasteiger partial charge >= 0.3 is 0 Å². The van der Waals surface area contributed by atoms with Crippen LogP contribution in [0.3, 0.4) is 0 Å². The zero-order valence-corrected chi connectivity index (χ0v) is 7.96. The van der Waals surface area contributed by atoms with Gasteiger partial charge < -0.3 is 4.98 Å². The Morgan fingerprint density at radius 1 is 1.15 bits per heavy atom. The number of hydrogen-bond donors (Lipinski definition) is 1. The summed E-state index contributed by atoms with van der Waals surface area (Å²) in [6.45, 7) is 4.29. The second kappa shape index (κ2) is 3.17. The molecule has 13 heavy (non-hydrogen) atoms. The number of hydrogen-bond acceptors (Lipinski definition) is 2. The molecule has 0 fully saturated rings. The van der Waals surface area contributed by atoms with E-state index in [0.29, 0.717) is 0 Å². The summed E-state index contributed by atoms with van der Waals surface area (Å²) in [6, 6.07) is 0. The average molecular weight is 175 g/mol. The zero-order valence-electron chi connectivity index (χ0n) is 7.96. The molecule has 0 saturated heterocycles. The SMILES string of the molecule is CCc1[nH]c2nccnc2c1CC. The topological polar surface area (TPSA) is 41.6 Å². The van der Waals surface area contributed by atoms with Crippen LogP contribution >= 0.6 is 0 Å². The van der Waals surface area contributed by atoms with E-state index in [1.54, 1.807) is 12.4 Å². The molecule has 2 rings (SSSR count). The molecule has 0 aromatic carbocycles. The summed E-state index contributed by atoms with van der Waals surface area (Å²) < 4.78 is 0. The predicted molar refractivity (Wildman–Crippen MR) is 52.6 cm³/mol. The van der Waals surface area contributed by atoms with Crippen LogP contribution in [0.4, 0.5) is 0 Å². The van der Waals surface area contributed by atoms with Gasteiger partial charge in [-0.2, -0.15) is 0 Å². The first-order valence-corrected chi connectivity index (χ1v) is 4.67. The molecule has 3 nitrogen and oxygen atoms in total. The molecular formula is C10H13N3. The highest BCUT2D eigenvalue weighted by molar-refractivity contribution is 5.76. The van der Waals surface area contributed by atoms with Crippen LogP contribution in [-0.2, 0) is 12.8 Å². The van der Waals surface area contributed by atoms with E-state index < -0.39 is 0 Å². The fourth-order valence-electron chi connectivity index (χ4n) is 1.69. The Labute approximate surface area is 77.2 Å². The molecule has 0 aliphatic rings. The third-order valence-corrected chi connectivity index (χ3v) is 2.32. The van der Waals surface area contributed by atoms with E-state index in [4.69, 9.17) is 0 Å². The third kappa shape index (κ3) is 1.20. The van der Waals surface area contributed by atoms with Crippen molar-refractivity contribution >= 4 is 11.2 Å². The minimum absolute atomic E-state index is 0.913. The molecule has 1 N–H and O–H groups in total. The molecule has 2 aromatic rings. The monoisotopic (exact) mass is 175 g/mol. The maximum atomic E-state index is 4.33. The van der Waals surface area contributed by atoms with Crippen LogP contribution in [0.1, 0.15) is 25.1 Å². The number of H-pyrrole nitrogens is 1. The Kier molecular flexibility index (Phi) is 2.00. The normalized spacial score (nSPS) is 10.9. The second-order valence-corrected chi connectivity index (χ2v) is 3.04. The molecule has 0 bridgehead atoms. The molecule has 0 radical (unpaired) electrons. The number of aromatic amines is 1. The Morgan fingerprint density at radius 3 is 2.62 bits per heavy atom. The van der Waals surface area contributed by atoms with Gasteiger partial charge in [-0.15, -0.1) is 0 Å². The summed E-state index contributed by atoms with van der Waals surface area (Å²) in [5, 5.41) is 0. The third-order valence-electron chi connectivity index (χ3n) is 2.32. The molecule has 3 heteroatoms. The van der Waals surface area contributed by atoms with Crippen LogP contribution in [-0.4, -0.2) is 15.0 Å². The molecule has 0 aliphatic carbocycles. The molecule has 0 unspecified atom stereocenters. The van der Waals surface area contributed by atoms with Crippen LogP contribution in [0.15, 0.2) is 12.4 Å². The molecule has 0 aliphatic heterocycles. The highest BCUT2D eigenvalue weighted by Gasteiger charge is 2.09. The van der Waals surface area contributed by atoms with Crippen molar-refractivity contribution in [3.05, 3.63) is 23.7 Å². The number of fused-ring (bicyclic) bond motifs is 1. The van der Waals surface area contributed by atoms with E-state index in [2.05, 4.69) is 28.8 Å². The lowest BCUT2D eigenvalue weighted by molar-refractivity contribution is 1.01. The van der Waals surface area contributed by atoms with Crippen molar-refractivity contribution < 1.29 is 0 Å². The lowest BCUT2D eigenvalue weighted by Crippen LogP contribution is -1.87. The van der Waals surface area contributed by atoms with Crippen molar-refractivity contribution in [2.75, 3.05) is 0 Å². The van der Waals surface area contributed by atoms with Gasteiger partial charge in [0.25, 0.3) is 0 Å². The van der Waals surface area contributed by atoms with Crippen molar-refractivity contribution in [1.29, 1.82) is 0 Å². The van der Waals surface area contributed by atoms with E-state index in [9.17, 15) is 0 Å². The lowest BCUT2D eigenvalue weighted by Gasteiger charge is -1.95. The second-order valence-electron chi connectivity index (χ2n) is 3.04. The van der Waals surface area contributed by atoms with Gasteiger partial charge in [-0.05, 0) is 12.8 Å². The van der Waals surface area contributed by atoms with Gasteiger partial charge in [0.15, 0.2) is 5.65 Å². The minimum Gasteiger partial charge on any atom is -0.342 e. The van der Waals surface area contributed by atoms with Gasteiger partial charge in [0.1, 0.15) is 5.52 Å². The van der Waals surface area contributed by atoms with Gasteiger partial charge in [-0.3, -0.25) is 4.98 Å². The predicted octanol–water partition coefficient (Wildman–Crippen LogP) is 2.08. The average Bonchev–Trinajstić information content (AvgIpc) is 2.55. The first-order chi connectivity index (χ1) is 6.36. The minimum atomic E-state index is 0.913. The molecule has 0 spiro atoms. The standard InChI is InChI=1S/C10H13N3/c1-3-7-8(4-2)13-10-9(7)11-5-6-12-10/h5-6H,3-4H2,1-2H3,(H,12,13). The van der Waals surface area contributed by atoms with Crippen LogP contribution in [0, 0.1) is 0 Å². The summed E-state index contributed by atoms with van der Waals surface area (Å²) >= 11 is 0. The van der Waals surface area contributed by atoms with Crippen LogP contribution in [0.25, 0.3) is 11.2 Å². The van der Waals surface area contributed by atoms with Crippen LogP contribution < -0.4 is 0 Å². The smallest absolute Gasteiger partial charge is 0.156 e. The summed E-state index contributed by atoms with van der Waals surface area (Å²) in [7, 11) is 0. The van der Waals surface area contributed by atoms with Gasteiger partial charge in [0.2, 0.25) is 0 Å². The Morgan fingerprint density at radius 2 is 1.92 bits per heavy atom. The van der Waals surface area contributed by atoms with Gasteiger partial charge in [0, 0.05) is 23.7 Å². The van der Waals surface area contributed by atoms with Gasteiger partial charge in [0.05, 0.1) is 0 Å². The van der Waals surface area contributed by atoms with Crippen LogP contribution in [0.2, 0.25) is 0 Å². The fourth-order valence-corrected chi connectivity index (χ4v) is 1.69. The number of aryl methyl sites for hydroxylation is 2. The Bertz CT molecular complexity index is 417. The number of nitrogens with one attached hydrogen (secondary N) is 1. The first kappa shape index (κ1) is 8.23. The quantitative estimate of drug-likeness (QED) is 0.759. The van der Waals surface area contributed by atoms with Gasteiger partial charge in [-0.1, -0.05) is 13.8 Å². The molecule has 0 saturated carbocycles. The van der Waals surface area contributed by atoms with Crippen molar-refractivity contribution in [3.63, 3.8) is 0 Å². The highest BCUT2D eigenvalue weighted by Crippen LogP contribution is 2.19. The highest BCUT2D eigenvalue weighted by atomic mass is 14.9. The molecular weight excluding hydrogens is 162 g/mol. The van der Waals surface area contributed by atoms with Crippen molar-refractivity contribution in [3.8, 4) is 0 Å². The van der Waals surface area contributed by atoms with Crippen molar-refractivity contribution in [2.24, 2.45) is 0 Å². The molecule has 0 atom stereocenters. The van der Waals surface area contributed by atoms with Gasteiger partial charge in [-0.25, -0.2) is 4.98 Å². The van der Waals surface area contributed by atoms with E-state index in [-0.39, 0.29) is 0 Å².